The molecule has 0 aliphatic carbocycles. The first kappa shape index (κ1) is 10.2. The first-order valence-electron chi connectivity index (χ1n) is 5.69. The molecule has 2 heterocycles. The van der Waals surface area contributed by atoms with E-state index in [1.54, 1.807) is 6.07 Å². The van der Waals surface area contributed by atoms with Crippen LogP contribution in [0.5, 0.6) is 0 Å². The molecular weight excluding hydrogens is 207 g/mol. The summed E-state index contributed by atoms with van der Waals surface area (Å²) in [6.45, 7) is 3.94. The molecule has 86 valence electrons. The number of halogens is 1. The second-order valence-corrected chi connectivity index (χ2v) is 4.71. The first-order valence-corrected chi connectivity index (χ1v) is 5.69. The number of hydrogen-bond acceptors (Lipinski definition) is 2. The zero-order valence-electron chi connectivity index (χ0n) is 9.28. The van der Waals surface area contributed by atoms with Crippen molar-refractivity contribution in [1.82, 2.24) is 0 Å². The molecule has 0 unspecified atom stereocenters. The molecular formula is C13H15FO2. The SMILES string of the molecule is C[C@H]1OC[C@H]2COC[C@]21c1ccccc1F. The second kappa shape index (κ2) is 3.54. The van der Waals surface area contributed by atoms with E-state index >= 15 is 0 Å². The number of hydrogen-bond donors (Lipinski definition) is 0. The van der Waals surface area contributed by atoms with Gasteiger partial charge in [-0.1, -0.05) is 18.2 Å². The Morgan fingerprint density at radius 2 is 2.12 bits per heavy atom. The molecule has 2 aliphatic heterocycles. The zero-order valence-corrected chi connectivity index (χ0v) is 9.28. The van der Waals surface area contributed by atoms with Crippen molar-refractivity contribution in [2.24, 2.45) is 5.92 Å². The van der Waals surface area contributed by atoms with Crippen molar-refractivity contribution in [3.8, 4) is 0 Å². The summed E-state index contributed by atoms with van der Waals surface area (Å²) in [4.78, 5) is 0. The summed E-state index contributed by atoms with van der Waals surface area (Å²) >= 11 is 0. The predicted molar refractivity (Wildman–Crippen MR) is 57.8 cm³/mol. The molecule has 0 bridgehead atoms. The fourth-order valence-corrected chi connectivity index (χ4v) is 3.05. The Hall–Kier alpha value is -0.930. The summed E-state index contributed by atoms with van der Waals surface area (Å²) in [5.41, 5.74) is 0.480. The second-order valence-electron chi connectivity index (χ2n) is 4.71. The highest BCUT2D eigenvalue weighted by Gasteiger charge is 2.55. The van der Waals surface area contributed by atoms with Gasteiger partial charge in [0.25, 0.3) is 0 Å². The minimum absolute atomic E-state index is 0.0249. The van der Waals surface area contributed by atoms with Crippen LogP contribution < -0.4 is 0 Å². The van der Waals surface area contributed by atoms with Gasteiger partial charge in [-0.15, -0.1) is 0 Å². The maximum Gasteiger partial charge on any atom is 0.127 e. The number of ether oxygens (including phenoxy) is 2. The normalized spacial score (nSPS) is 37.6. The molecule has 0 radical (unpaired) electrons. The first-order chi connectivity index (χ1) is 7.75. The van der Waals surface area contributed by atoms with Crippen LogP contribution in [0, 0.1) is 11.7 Å². The molecule has 0 spiro atoms. The van der Waals surface area contributed by atoms with Gasteiger partial charge in [0, 0.05) is 5.92 Å². The quantitative estimate of drug-likeness (QED) is 0.724. The molecule has 1 aromatic carbocycles. The predicted octanol–water partition coefficient (Wildman–Crippen LogP) is 2.13. The molecule has 0 saturated carbocycles. The van der Waals surface area contributed by atoms with Gasteiger partial charge in [0.2, 0.25) is 0 Å². The van der Waals surface area contributed by atoms with E-state index < -0.39 is 0 Å². The Bertz CT molecular complexity index is 407. The summed E-state index contributed by atoms with van der Waals surface area (Å²) < 4.78 is 25.2. The topological polar surface area (TPSA) is 18.5 Å². The Morgan fingerprint density at radius 1 is 1.31 bits per heavy atom. The molecule has 16 heavy (non-hydrogen) atoms. The standard InChI is InChI=1S/C13H15FO2/c1-9-13(8-15-6-10(13)7-16-9)11-4-2-3-5-12(11)14/h2-5,9-10H,6-8H2,1H3/t9-,10-,13-/m1/s1. The number of rotatable bonds is 1. The van der Waals surface area contributed by atoms with Crippen molar-refractivity contribution >= 4 is 0 Å². The van der Waals surface area contributed by atoms with E-state index in [0.717, 1.165) is 5.56 Å². The van der Waals surface area contributed by atoms with Gasteiger partial charge in [-0.05, 0) is 18.6 Å². The lowest BCUT2D eigenvalue weighted by molar-refractivity contribution is 0.0502. The fraction of sp³-hybridized carbons (Fsp3) is 0.538. The van der Waals surface area contributed by atoms with E-state index in [2.05, 4.69) is 0 Å². The van der Waals surface area contributed by atoms with Crippen LogP contribution in [0.1, 0.15) is 12.5 Å². The van der Waals surface area contributed by atoms with Gasteiger partial charge in [0.05, 0.1) is 31.3 Å². The van der Waals surface area contributed by atoms with Crippen LogP contribution in [0.2, 0.25) is 0 Å². The molecule has 0 aromatic heterocycles. The van der Waals surface area contributed by atoms with E-state index in [0.29, 0.717) is 25.7 Å². The van der Waals surface area contributed by atoms with Crippen molar-refractivity contribution < 1.29 is 13.9 Å². The van der Waals surface area contributed by atoms with E-state index in [-0.39, 0.29) is 17.3 Å². The van der Waals surface area contributed by atoms with Crippen LogP contribution in [-0.4, -0.2) is 25.9 Å². The van der Waals surface area contributed by atoms with Crippen LogP contribution in [-0.2, 0) is 14.9 Å². The fourth-order valence-electron chi connectivity index (χ4n) is 3.05. The summed E-state index contributed by atoms with van der Waals surface area (Å²) in [7, 11) is 0. The summed E-state index contributed by atoms with van der Waals surface area (Å²) in [6, 6.07) is 6.99. The molecule has 2 saturated heterocycles. The number of benzene rings is 1. The van der Waals surface area contributed by atoms with Crippen LogP contribution >= 0.6 is 0 Å². The van der Waals surface area contributed by atoms with Crippen molar-refractivity contribution in [1.29, 1.82) is 0 Å². The smallest absolute Gasteiger partial charge is 0.127 e. The van der Waals surface area contributed by atoms with Gasteiger partial charge >= 0.3 is 0 Å². The Labute approximate surface area is 94.4 Å². The third-order valence-corrected chi connectivity index (χ3v) is 4.04. The van der Waals surface area contributed by atoms with Crippen molar-refractivity contribution in [3.05, 3.63) is 35.6 Å². The molecule has 0 N–H and O–H groups in total. The van der Waals surface area contributed by atoms with E-state index in [9.17, 15) is 4.39 Å². The van der Waals surface area contributed by atoms with Crippen LogP contribution in [0.25, 0.3) is 0 Å². The van der Waals surface area contributed by atoms with E-state index in [4.69, 9.17) is 9.47 Å². The summed E-state index contributed by atoms with van der Waals surface area (Å²) in [5.74, 6) is 0.148. The Balaban J connectivity index is 2.13. The molecule has 1 aromatic rings. The minimum Gasteiger partial charge on any atom is -0.380 e. The lowest BCUT2D eigenvalue weighted by atomic mass is 9.71. The van der Waals surface area contributed by atoms with E-state index in [1.165, 1.54) is 6.07 Å². The van der Waals surface area contributed by atoms with Crippen LogP contribution in [0.3, 0.4) is 0 Å². The average molecular weight is 222 g/mol. The lowest BCUT2D eigenvalue weighted by Gasteiger charge is -2.31. The molecule has 2 nitrogen and oxygen atoms in total. The minimum atomic E-state index is -0.272. The van der Waals surface area contributed by atoms with Crippen LogP contribution in [0.15, 0.2) is 24.3 Å². The summed E-state index contributed by atoms with van der Waals surface area (Å²) in [5, 5.41) is 0. The van der Waals surface area contributed by atoms with Gasteiger partial charge in [-0.2, -0.15) is 0 Å². The lowest BCUT2D eigenvalue weighted by Crippen LogP contribution is -2.40. The highest BCUT2D eigenvalue weighted by atomic mass is 19.1. The molecule has 3 rings (SSSR count). The van der Waals surface area contributed by atoms with E-state index in [1.807, 2.05) is 19.1 Å². The highest BCUT2D eigenvalue weighted by molar-refractivity contribution is 5.32. The van der Waals surface area contributed by atoms with Crippen LogP contribution in [0.4, 0.5) is 4.39 Å². The third-order valence-electron chi connectivity index (χ3n) is 4.04. The Morgan fingerprint density at radius 3 is 2.94 bits per heavy atom. The average Bonchev–Trinajstić information content (AvgIpc) is 2.82. The van der Waals surface area contributed by atoms with Gasteiger partial charge < -0.3 is 9.47 Å². The van der Waals surface area contributed by atoms with Crippen molar-refractivity contribution in [2.45, 2.75) is 18.4 Å². The molecule has 3 heteroatoms. The van der Waals surface area contributed by atoms with Crippen molar-refractivity contribution in [3.63, 3.8) is 0 Å². The monoisotopic (exact) mass is 222 g/mol. The highest BCUT2D eigenvalue weighted by Crippen LogP contribution is 2.47. The molecule has 0 amide bonds. The van der Waals surface area contributed by atoms with Gasteiger partial charge in [-0.3, -0.25) is 0 Å². The maximum atomic E-state index is 13.9. The molecule has 2 aliphatic rings. The zero-order chi connectivity index (χ0) is 11.2. The van der Waals surface area contributed by atoms with Gasteiger partial charge in [-0.25, -0.2) is 4.39 Å². The molecule has 2 fully saturated rings. The Kier molecular flexibility index (Phi) is 2.26. The molecule has 3 atom stereocenters. The van der Waals surface area contributed by atoms with Gasteiger partial charge in [0.15, 0.2) is 0 Å². The summed E-state index contributed by atoms with van der Waals surface area (Å²) in [6.07, 6.45) is 0.0249. The number of fused-ring (bicyclic) bond motifs is 1. The third kappa shape index (κ3) is 1.19. The van der Waals surface area contributed by atoms with Crippen molar-refractivity contribution in [2.75, 3.05) is 19.8 Å². The largest absolute Gasteiger partial charge is 0.380 e. The maximum absolute atomic E-state index is 13.9. The van der Waals surface area contributed by atoms with Gasteiger partial charge in [0.1, 0.15) is 5.82 Å².